The number of thioether (sulfide) groups is 1. The topological polar surface area (TPSA) is 45.1 Å². The van der Waals surface area contributed by atoms with E-state index in [2.05, 4.69) is 22.0 Å². The monoisotopic (exact) mass is 411 g/mol. The second-order valence-corrected chi connectivity index (χ2v) is 7.73. The molecule has 0 aliphatic carbocycles. The third-order valence-electron chi connectivity index (χ3n) is 4.82. The first-order valence-corrected chi connectivity index (χ1v) is 10.4. The Balaban J connectivity index is 1.54. The van der Waals surface area contributed by atoms with Crippen LogP contribution in [0.4, 0.5) is 15.8 Å². The minimum atomic E-state index is -0.308. The van der Waals surface area contributed by atoms with Gasteiger partial charge in [-0.25, -0.2) is 9.38 Å². The van der Waals surface area contributed by atoms with Crippen LogP contribution in [0.25, 0.3) is 6.08 Å². The highest BCUT2D eigenvalue weighted by atomic mass is 32.2. The van der Waals surface area contributed by atoms with Gasteiger partial charge in [-0.2, -0.15) is 0 Å². The summed E-state index contributed by atoms with van der Waals surface area (Å²) >= 11 is 1.34. The third kappa shape index (κ3) is 4.52. The Morgan fingerprint density at radius 3 is 2.45 bits per heavy atom. The Bertz CT molecular complexity index is 936. The van der Waals surface area contributed by atoms with E-state index in [0.29, 0.717) is 22.3 Å². The number of carbonyl (C=O) groups excluding carboxylic acids is 1. The Labute approximate surface area is 173 Å². The van der Waals surface area contributed by atoms with Gasteiger partial charge in [0.2, 0.25) is 0 Å². The van der Waals surface area contributed by atoms with Crippen molar-refractivity contribution in [1.29, 1.82) is 0 Å². The van der Waals surface area contributed by atoms with Gasteiger partial charge in [0.15, 0.2) is 5.17 Å². The minimum Gasteiger partial charge on any atom is -0.378 e. The second kappa shape index (κ2) is 8.80. The molecule has 2 aliphatic heterocycles. The summed E-state index contributed by atoms with van der Waals surface area (Å²) in [4.78, 5) is 21.9. The predicted octanol–water partition coefficient (Wildman–Crippen LogP) is 4.29. The van der Waals surface area contributed by atoms with Crippen LogP contribution in [0, 0.1) is 5.82 Å². The number of anilines is 1. The van der Waals surface area contributed by atoms with Gasteiger partial charge in [0.05, 0.1) is 23.8 Å². The van der Waals surface area contributed by atoms with Crippen LogP contribution in [0.15, 0.2) is 58.4 Å². The van der Waals surface area contributed by atoms with E-state index in [1.807, 2.05) is 25.1 Å². The molecule has 5 nitrogen and oxygen atoms in total. The molecule has 2 saturated heterocycles. The van der Waals surface area contributed by atoms with Crippen molar-refractivity contribution in [3.05, 3.63) is 64.8 Å². The van der Waals surface area contributed by atoms with E-state index in [9.17, 15) is 9.18 Å². The van der Waals surface area contributed by atoms with E-state index in [1.54, 1.807) is 17.0 Å². The van der Waals surface area contributed by atoms with Gasteiger partial charge in [0.25, 0.3) is 5.91 Å². The molecule has 2 aliphatic rings. The van der Waals surface area contributed by atoms with Gasteiger partial charge >= 0.3 is 0 Å². The smallest absolute Gasteiger partial charge is 0.266 e. The van der Waals surface area contributed by atoms with Gasteiger partial charge in [-0.15, -0.1) is 0 Å². The molecule has 0 bridgehead atoms. The van der Waals surface area contributed by atoms with Crippen LogP contribution >= 0.6 is 11.8 Å². The molecule has 29 heavy (non-hydrogen) atoms. The van der Waals surface area contributed by atoms with Crippen LogP contribution in [-0.2, 0) is 9.53 Å². The number of amides is 1. The number of benzene rings is 2. The zero-order valence-corrected chi connectivity index (χ0v) is 17.0. The summed E-state index contributed by atoms with van der Waals surface area (Å²) in [6, 6.07) is 14.1. The quantitative estimate of drug-likeness (QED) is 0.705. The van der Waals surface area contributed by atoms with Crippen LogP contribution < -0.4 is 4.90 Å². The number of likely N-dealkylation sites (N-methyl/N-ethyl adjacent to an activating group) is 1. The van der Waals surface area contributed by atoms with Gasteiger partial charge in [0.1, 0.15) is 5.82 Å². The summed E-state index contributed by atoms with van der Waals surface area (Å²) in [7, 11) is 0. The minimum absolute atomic E-state index is 0.0596. The molecule has 2 fully saturated rings. The Hall–Kier alpha value is -2.64. The van der Waals surface area contributed by atoms with E-state index < -0.39 is 0 Å². The standard InChI is InChI=1S/C22H22FN3O2S/c1-2-26-21(27)20(29-22(26)24-18-7-5-17(23)6-8-18)15-16-3-9-19(10-4-16)25-11-13-28-14-12-25/h3-10,15H,2,11-14H2,1H3. The third-order valence-corrected chi connectivity index (χ3v) is 5.83. The average Bonchev–Trinajstić information content (AvgIpc) is 3.05. The number of carbonyl (C=O) groups is 1. The molecule has 0 spiro atoms. The van der Waals surface area contributed by atoms with Crippen molar-refractivity contribution in [3.8, 4) is 0 Å². The van der Waals surface area contributed by atoms with Crippen molar-refractivity contribution in [1.82, 2.24) is 4.90 Å². The molecule has 0 aromatic heterocycles. The van der Waals surface area contributed by atoms with Crippen LogP contribution in [0.1, 0.15) is 12.5 Å². The zero-order chi connectivity index (χ0) is 20.2. The molecule has 4 rings (SSSR count). The van der Waals surface area contributed by atoms with Crippen LogP contribution in [0.5, 0.6) is 0 Å². The van der Waals surface area contributed by atoms with Gasteiger partial charge in [-0.05, 0) is 66.7 Å². The summed E-state index contributed by atoms with van der Waals surface area (Å²) < 4.78 is 18.5. The van der Waals surface area contributed by atoms with Crippen molar-refractivity contribution in [2.45, 2.75) is 6.92 Å². The number of amidine groups is 1. The lowest BCUT2D eigenvalue weighted by Gasteiger charge is -2.28. The predicted molar refractivity (Wildman–Crippen MR) is 116 cm³/mol. The number of rotatable bonds is 4. The Morgan fingerprint density at radius 1 is 1.10 bits per heavy atom. The van der Waals surface area contributed by atoms with E-state index in [4.69, 9.17) is 4.74 Å². The molecule has 0 radical (unpaired) electrons. The van der Waals surface area contributed by atoms with E-state index >= 15 is 0 Å². The fourth-order valence-electron chi connectivity index (χ4n) is 3.25. The van der Waals surface area contributed by atoms with Crippen LogP contribution in [-0.4, -0.2) is 48.8 Å². The molecule has 0 atom stereocenters. The summed E-state index contributed by atoms with van der Waals surface area (Å²) in [5.41, 5.74) is 2.75. The first-order valence-electron chi connectivity index (χ1n) is 9.62. The lowest BCUT2D eigenvalue weighted by atomic mass is 10.1. The first kappa shape index (κ1) is 19.7. The average molecular weight is 412 g/mol. The number of nitrogens with zero attached hydrogens (tertiary/aromatic N) is 3. The summed E-state index contributed by atoms with van der Waals surface area (Å²) in [6.07, 6.45) is 1.89. The maximum atomic E-state index is 13.1. The first-order chi connectivity index (χ1) is 14.1. The molecular formula is C22H22FN3O2S. The summed E-state index contributed by atoms with van der Waals surface area (Å²) in [6.45, 7) is 5.73. The van der Waals surface area contributed by atoms with Crippen molar-refractivity contribution >= 4 is 40.3 Å². The van der Waals surface area contributed by atoms with E-state index in [0.717, 1.165) is 37.6 Å². The fraction of sp³-hybridized carbons (Fsp3) is 0.273. The highest BCUT2D eigenvalue weighted by molar-refractivity contribution is 8.18. The van der Waals surface area contributed by atoms with Crippen molar-refractivity contribution in [3.63, 3.8) is 0 Å². The van der Waals surface area contributed by atoms with Crippen molar-refractivity contribution < 1.29 is 13.9 Å². The van der Waals surface area contributed by atoms with Crippen LogP contribution in [0.2, 0.25) is 0 Å². The number of morpholine rings is 1. The molecule has 2 aromatic carbocycles. The molecule has 0 saturated carbocycles. The van der Waals surface area contributed by atoms with E-state index in [1.165, 1.54) is 23.9 Å². The van der Waals surface area contributed by atoms with Crippen molar-refractivity contribution in [2.75, 3.05) is 37.7 Å². The van der Waals surface area contributed by atoms with Gasteiger partial charge in [-0.3, -0.25) is 9.69 Å². The molecule has 0 N–H and O–H groups in total. The lowest BCUT2D eigenvalue weighted by molar-refractivity contribution is -0.122. The van der Waals surface area contributed by atoms with Gasteiger partial charge in [-0.1, -0.05) is 12.1 Å². The molecule has 150 valence electrons. The number of ether oxygens (including phenoxy) is 1. The highest BCUT2D eigenvalue weighted by Gasteiger charge is 2.32. The lowest BCUT2D eigenvalue weighted by Crippen LogP contribution is -2.36. The molecule has 7 heteroatoms. The number of aliphatic imine (C=N–C) groups is 1. The maximum absolute atomic E-state index is 13.1. The summed E-state index contributed by atoms with van der Waals surface area (Å²) in [5.74, 6) is -0.367. The van der Waals surface area contributed by atoms with Crippen LogP contribution in [0.3, 0.4) is 0 Å². The Kier molecular flexibility index (Phi) is 5.97. The fourth-order valence-corrected chi connectivity index (χ4v) is 4.31. The van der Waals surface area contributed by atoms with Crippen molar-refractivity contribution in [2.24, 2.45) is 4.99 Å². The zero-order valence-electron chi connectivity index (χ0n) is 16.2. The van der Waals surface area contributed by atoms with Gasteiger partial charge in [0, 0.05) is 25.3 Å². The SMILES string of the molecule is CCN1C(=O)C(=Cc2ccc(N3CCOCC3)cc2)SC1=Nc1ccc(F)cc1. The molecule has 1 amide bonds. The largest absolute Gasteiger partial charge is 0.378 e. The number of hydrogen-bond acceptors (Lipinski definition) is 5. The second-order valence-electron chi connectivity index (χ2n) is 6.72. The molecule has 0 unspecified atom stereocenters. The normalized spacial score (nSPS) is 20.1. The maximum Gasteiger partial charge on any atom is 0.266 e. The van der Waals surface area contributed by atoms with Gasteiger partial charge < -0.3 is 9.64 Å². The highest BCUT2D eigenvalue weighted by Crippen LogP contribution is 2.34. The molecule has 2 aromatic rings. The summed E-state index contributed by atoms with van der Waals surface area (Å²) in [5, 5.41) is 0.611. The number of halogens is 1. The van der Waals surface area contributed by atoms with E-state index in [-0.39, 0.29) is 11.7 Å². The molecule has 2 heterocycles. The Morgan fingerprint density at radius 2 is 1.79 bits per heavy atom. The molecular weight excluding hydrogens is 389 g/mol. The number of hydrogen-bond donors (Lipinski definition) is 0.